The molecule has 0 aliphatic carbocycles. The molecule has 0 aliphatic rings. The molecular weight excluding hydrogens is 1550 g/mol. The molecule has 684 valence electrons. The summed E-state index contributed by atoms with van der Waals surface area (Å²) >= 11 is 0. The van der Waals surface area contributed by atoms with Crippen molar-refractivity contribution in [2.45, 2.75) is 376 Å². The van der Waals surface area contributed by atoms with E-state index in [1.165, 1.54) is 194 Å². The van der Waals surface area contributed by atoms with Crippen molar-refractivity contribution in [3.05, 3.63) is 324 Å². The molecular formula is C127H172Si. The highest BCUT2D eigenvalue weighted by molar-refractivity contribution is 6.90. The van der Waals surface area contributed by atoms with Crippen molar-refractivity contribution in [3.63, 3.8) is 0 Å². The molecule has 0 amide bonds. The van der Waals surface area contributed by atoms with E-state index in [-0.39, 0.29) is 54.1 Å². The first-order valence-electron chi connectivity index (χ1n) is 48.5. The summed E-state index contributed by atoms with van der Waals surface area (Å²) in [6.07, 6.45) is 3.52. The van der Waals surface area contributed by atoms with E-state index >= 15 is 0 Å². The first-order chi connectivity index (χ1) is 58.9. The minimum atomic E-state index is -1.33. The second-order valence-electron chi connectivity index (χ2n) is 48.0. The van der Waals surface area contributed by atoms with Gasteiger partial charge in [0.15, 0.2) is 0 Å². The van der Waals surface area contributed by atoms with E-state index in [9.17, 15) is 0 Å². The molecule has 128 heavy (non-hydrogen) atoms. The molecule has 0 aromatic heterocycles. The molecule has 0 N–H and O–H groups in total. The summed E-state index contributed by atoms with van der Waals surface area (Å²) in [7, 11) is -1.33. The van der Waals surface area contributed by atoms with Gasteiger partial charge >= 0.3 is 0 Å². The SMILES string of the molecule is CCC(C)(C)c1cc(C(C)(C)C)c(C)c2ccccc12.CCC(C)(CC)c1cc(C(C)(C)C)c(C)c2ccccc12.Cc1c(C(C)(C)C)cc(C(C)(C)C)c2ccccc12.Cc1c(C(C)(C)C)cc(C(C)C)c2ccccc12.Cc1c(C(C)(C)C)cc([Si](C)(C)C)c2ccccc12.Cc1c(C(C)(C)C)ccc2ccccc12.Cc1cc(C(C)(C)C)c(C)c2ccccc12. The number of benzene rings is 14. The lowest BCUT2D eigenvalue weighted by Crippen LogP contribution is -2.39. The Morgan fingerprint density at radius 1 is 0.219 bits per heavy atom. The predicted molar refractivity (Wildman–Crippen MR) is 583 cm³/mol. The van der Waals surface area contributed by atoms with Crippen LogP contribution in [-0.4, -0.2) is 8.07 Å². The molecule has 0 bridgehead atoms. The van der Waals surface area contributed by atoms with Crippen molar-refractivity contribution in [3.8, 4) is 0 Å². The topological polar surface area (TPSA) is 0 Å². The Kier molecular flexibility index (Phi) is 32.7. The molecule has 14 aromatic rings. The molecule has 0 radical (unpaired) electrons. The van der Waals surface area contributed by atoms with Crippen molar-refractivity contribution in [1.29, 1.82) is 0 Å². The highest BCUT2D eigenvalue weighted by Crippen LogP contribution is 2.46. The van der Waals surface area contributed by atoms with E-state index < -0.39 is 8.07 Å². The van der Waals surface area contributed by atoms with Gasteiger partial charge in [0.25, 0.3) is 0 Å². The van der Waals surface area contributed by atoms with Crippen LogP contribution >= 0.6 is 0 Å². The van der Waals surface area contributed by atoms with Crippen LogP contribution in [0.1, 0.15) is 352 Å². The Hall–Kier alpha value is -8.88. The van der Waals surface area contributed by atoms with Gasteiger partial charge in [-0.2, -0.15) is 0 Å². The van der Waals surface area contributed by atoms with Gasteiger partial charge in [0.2, 0.25) is 0 Å². The fourth-order valence-corrected chi connectivity index (χ4v) is 21.4. The fraction of sp³-hybridized carbons (Fsp3) is 0.449. The van der Waals surface area contributed by atoms with Crippen LogP contribution in [0.25, 0.3) is 75.4 Å². The summed E-state index contributed by atoms with van der Waals surface area (Å²) in [6, 6.07) is 80.7. The molecule has 0 saturated heterocycles. The van der Waals surface area contributed by atoms with Crippen molar-refractivity contribution >= 4 is 88.7 Å². The summed E-state index contributed by atoms with van der Waals surface area (Å²) in [5, 5.41) is 21.3. The van der Waals surface area contributed by atoms with Crippen molar-refractivity contribution in [1.82, 2.24) is 0 Å². The zero-order chi connectivity index (χ0) is 96.3. The Morgan fingerprint density at radius 2 is 0.469 bits per heavy atom. The second-order valence-corrected chi connectivity index (χ2v) is 53.1. The molecule has 0 saturated carbocycles. The average Bonchev–Trinajstić information content (AvgIpc) is 0.759. The molecule has 14 aromatic carbocycles. The third-order valence-corrected chi connectivity index (χ3v) is 30.1. The Bertz CT molecular complexity index is 6090. The van der Waals surface area contributed by atoms with Gasteiger partial charge in [-0.3, -0.25) is 0 Å². The minimum absolute atomic E-state index is 0.174. The number of fused-ring (bicyclic) bond motifs is 7. The van der Waals surface area contributed by atoms with Crippen LogP contribution < -0.4 is 5.19 Å². The van der Waals surface area contributed by atoms with Crippen molar-refractivity contribution in [2.75, 3.05) is 0 Å². The average molecular weight is 1730 g/mol. The summed E-state index contributed by atoms with van der Waals surface area (Å²) in [6.45, 7) is 99.2. The summed E-state index contributed by atoms with van der Waals surface area (Å²) in [5.74, 6) is 0.566. The maximum atomic E-state index is 2.49. The number of aryl methyl sites for hydroxylation is 8. The van der Waals surface area contributed by atoms with Gasteiger partial charge in [0.1, 0.15) is 0 Å². The van der Waals surface area contributed by atoms with E-state index in [2.05, 4.69) is 515 Å². The van der Waals surface area contributed by atoms with Gasteiger partial charge in [-0.25, -0.2) is 0 Å². The van der Waals surface area contributed by atoms with Crippen LogP contribution in [0.2, 0.25) is 19.6 Å². The van der Waals surface area contributed by atoms with Gasteiger partial charge in [-0.05, 0) is 316 Å². The Balaban J connectivity index is 0.000000185. The van der Waals surface area contributed by atoms with Crippen LogP contribution in [0.3, 0.4) is 0 Å². The molecule has 14 rings (SSSR count). The van der Waals surface area contributed by atoms with E-state index in [4.69, 9.17) is 0 Å². The molecule has 0 unspecified atom stereocenters. The Labute approximate surface area is 783 Å². The quantitative estimate of drug-likeness (QED) is 0.140. The van der Waals surface area contributed by atoms with E-state index in [0.29, 0.717) is 5.92 Å². The van der Waals surface area contributed by atoms with Crippen molar-refractivity contribution in [2.24, 2.45) is 0 Å². The van der Waals surface area contributed by atoms with Gasteiger partial charge < -0.3 is 0 Å². The van der Waals surface area contributed by atoms with Gasteiger partial charge in [0.05, 0.1) is 8.07 Å². The third-order valence-electron chi connectivity index (χ3n) is 28.0. The lowest BCUT2D eigenvalue weighted by molar-refractivity contribution is 0.441. The molecule has 0 aliphatic heterocycles. The zero-order valence-electron chi connectivity index (χ0n) is 89.0. The highest BCUT2D eigenvalue weighted by atomic mass is 28.3. The van der Waals surface area contributed by atoms with E-state index in [1.807, 2.05) is 0 Å². The first kappa shape index (κ1) is 104. The third kappa shape index (κ3) is 24.1. The van der Waals surface area contributed by atoms with E-state index in [0.717, 1.165) is 6.42 Å². The molecule has 0 heterocycles. The normalized spacial score (nSPS) is 12.7. The van der Waals surface area contributed by atoms with Crippen molar-refractivity contribution < 1.29 is 0 Å². The predicted octanol–water partition coefficient (Wildman–Crippen LogP) is 38.2. The molecule has 0 spiro atoms. The fourth-order valence-electron chi connectivity index (χ4n) is 19.8. The standard InChI is InChI=1S/C21H30.C20H28.C19H26.C18H26Si.C18H24.C16H20.C15H18/c1-8-21(7,9-2)19-14-18(20(4,5)6)15(3)16-12-10-11-13-17(16)19;1-8-20(6,7)18-13-17(19(3,4)5)14(2)15-11-9-10-12-16(15)18;2*1-13-14-10-8-9-11-15(14)17(19(5,6)7)12-16(13)18(2,3)4;1-12(2)16-11-17(18(4,5)6)13(3)14-9-7-8-10-15(14)16;1-11-10-15(16(3,4)5)12(2)14-9-7-6-8-13(11)14;1-11-13-8-6-5-7-12(13)9-10-14(11)15(2,3)4/h10-14H,8-9H2,1-7H3;9-13H,8H2,1-7H3;2*8-12H,1-7H3;7-12H,1-6H3;6-10H,1-5H3;5-10H,1-4H3. The lowest BCUT2D eigenvalue weighted by atomic mass is 9.72. The lowest BCUT2D eigenvalue weighted by Gasteiger charge is -2.32. The highest BCUT2D eigenvalue weighted by Gasteiger charge is 2.32. The summed E-state index contributed by atoms with van der Waals surface area (Å²) in [5.41, 5.74) is 29.8. The van der Waals surface area contributed by atoms with Crippen LogP contribution in [-0.2, 0) is 54.1 Å². The zero-order valence-corrected chi connectivity index (χ0v) is 90.0. The van der Waals surface area contributed by atoms with Crippen LogP contribution in [0.5, 0.6) is 0 Å². The monoisotopic (exact) mass is 1730 g/mol. The van der Waals surface area contributed by atoms with Crippen LogP contribution in [0.4, 0.5) is 0 Å². The molecule has 0 nitrogen and oxygen atoms in total. The van der Waals surface area contributed by atoms with Crippen LogP contribution in [0.15, 0.2) is 218 Å². The van der Waals surface area contributed by atoms with E-state index in [1.54, 1.807) is 5.19 Å². The smallest absolute Gasteiger partial charge is 0.0656 e. The van der Waals surface area contributed by atoms with Gasteiger partial charge in [0, 0.05) is 0 Å². The Morgan fingerprint density at radius 3 is 0.812 bits per heavy atom. The van der Waals surface area contributed by atoms with Crippen LogP contribution in [0, 0.1) is 55.4 Å². The number of hydrogen-bond acceptors (Lipinski definition) is 0. The molecule has 1 heteroatoms. The molecule has 0 fully saturated rings. The molecule has 0 atom stereocenters. The second kappa shape index (κ2) is 40.1. The number of rotatable bonds is 7. The summed E-state index contributed by atoms with van der Waals surface area (Å²) < 4.78 is 0. The number of hydrogen-bond donors (Lipinski definition) is 0. The van der Waals surface area contributed by atoms with Gasteiger partial charge in [-0.15, -0.1) is 0 Å². The maximum Gasteiger partial charge on any atom is 0.0784 e. The summed E-state index contributed by atoms with van der Waals surface area (Å²) in [4.78, 5) is 0. The largest absolute Gasteiger partial charge is 0.0784 e. The maximum absolute atomic E-state index is 2.49. The minimum Gasteiger partial charge on any atom is -0.0656 e. The van der Waals surface area contributed by atoms with Gasteiger partial charge in [-0.1, -0.05) is 465 Å². The first-order valence-corrected chi connectivity index (χ1v) is 52.0.